The van der Waals surface area contributed by atoms with Crippen LogP contribution in [-0.4, -0.2) is 15.6 Å². The van der Waals surface area contributed by atoms with E-state index in [-0.39, 0.29) is 11.5 Å². The quantitative estimate of drug-likeness (QED) is 0.873. The Labute approximate surface area is 120 Å². The average Bonchev–Trinajstić information content (AvgIpc) is 2.61. The van der Waals surface area contributed by atoms with E-state index < -0.39 is 5.97 Å². The van der Waals surface area contributed by atoms with Crippen molar-refractivity contribution in [1.29, 1.82) is 0 Å². The van der Waals surface area contributed by atoms with Gasteiger partial charge >= 0.3 is 5.97 Å². The fourth-order valence-electron chi connectivity index (χ4n) is 2.77. The third kappa shape index (κ3) is 2.33. The smallest absolute Gasteiger partial charge is 0.337 e. The molecule has 2 aromatic rings. The summed E-state index contributed by atoms with van der Waals surface area (Å²) in [5.74, 6) is -0.860. The molecule has 0 radical (unpaired) electrons. The van der Waals surface area contributed by atoms with Gasteiger partial charge in [-0.1, -0.05) is 20.8 Å². The lowest BCUT2D eigenvalue weighted by atomic mass is 9.85. The van der Waals surface area contributed by atoms with Gasteiger partial charge in [-0.3, -0.25) is 0 Å². The highest BCUT2D eigenvalue weighted by Gasteiger charge is 2.22. The Morgan fingerprint density at radius 1 is 1.20 bits per heavy atom. The zero-order chi connectivity index (χ0) is 15.2. The van der Waals surface area contributed by atoms with Crippen LogP contribution in [0.2, 0.25) is 0 Å². The molecule has 1 N–H and O–H groups in total. The molecule has 0 atom stereocenters. The SMILES string of the molecule is Cc1cc2cc(C(C)(C)C)cc(C(=O)O)c2n1C(C)C. The maximum atomic E-state index is 11.7. The standard InChI is InChI=1S/C17H23NO2/c1-10(2)18-11(3)7-12-8-13(17(4,5)6)9-14(15(12)18)16(19)20/h7-10H,1-6H3,(H,19,20). The summed E-state index contributed by atoms with van der Waals surface area (Å²) in [5.41, 5.74) is 3.32. The third-order valence-electron chi connectivity index (χ3n) is 3.74. The van der Waals surface area contributed by atoms with Gasteiger partial charge in [0.1, 0.15) is 0 Å². The Balaban J connectivity index is 2.90. The molecule has 0 aliphatic heterocycles. The molecule has 0 aliphatic rings. The van der Waals surface area contributed by atoms with Gasteiger partial charge in [-0.05, 0) is 49.9 Å². The molecule has 1 aromatic heterocycles. The Kier molecular flexibility index (Phi) is 3.41. The van der Waals surface area contributed by atoms with Crippen LogP contribution in [0.25, 0.3) is 10.9 Å². The van der Waals surface area contributed by atoms with Crippen molar-refractivity contribution < 1.29 is 9.90 Å². The minimum absolute atomic E-state index is 0.0633. The first-order valence-electron chi connectivity index (χ1n) is 7.02. The summed E-state index contributed by atoms with van der Waals surface area (Å²) in [6, 6.07) is 6.26. The minimum atomic E-state index is -0.860. The van der Waals surface area contributed by atoms with E-state index in [9.17, 15) is 9.90 Å². The lowest BCUT2D eigenvalue weighted by Gasteiger charge is -2.21. The summed E-state index contributed by atoms with van der Waals surface area (Å²) in [6.45, 7) is 12.5. The maximum absolute atomic E-state index is 11.7. The van der Waals surface area contributed by atoms with Crippen LogP contribution in [0.1, 0.15) is 62.3 Å². The molecule has 0 amide bonds. The number of aromatic nitrogens is 1. The van der Waals surface area contributed by atoms with Gasteiger partial charge in [0.15, 0.2) is 0 Å². The van der Waals surface area contributed by atoms with Gasteiger partial charge in [-0.2, -0.15) is 0 Å². The van der Waals surface area contributed by atoms with Crippen LogP contribution in [0, 0.1) is 6.92 Å². The number of aryl methyl sites for hydroxylation is 1. The van der Waals surface area contributed by atoms with E-state index >= 15 is 0 Å². The molecule has 20 heavy (non-hydrogen) atoms. The number of aromatic carboxylic acids is 1. The predicted octanol–water partition coefficient (Wildman–Crippen LogP) is 4.53. The molecular formula is C17H23NO2. The van der Waals surface area contributed by atoms with Crippen LogP contribution in [0.5, 0.6) is 0 Å². The highest BCUT2D eigenvalue weighted by molar-refractivity contribution is 6.03. The van der Waals surface area contributed by atoms with E-state index in [1.165, 1.54) is 0 Å². The largest absolute Gasteiger partial charge is 0.478 e. The molecule has 0 fully saturated rings. The number of carboxylic acids is 1. The lowest BCUT2D eigenvalue weighted by Crippen LogP contribution is -2.14. The molecule has 0 aliphatic carbocycles. The van der Waals surface area contributed by atoms with Crippen LogP contribution in [-0.2, 0) is 5.41 Å². The molecule has 108 valence electrons. The number of rotatable bonds is 2. The molecular weight excluding hydrogens is 250 g/mol. The number of benzene rings is 1. The normalized spacial score (nSPS) is 12.3. The monoisotopic (exact) mass is 273 g/mol. The number of carboxylic acid groups (broad SMARTS) is 1. The molecule has 3 nitrogen and oxygen atoms in total. The fourth-order valence-corrected chi connectivity index (χ4v) is 2.77. The fraction of sp³-hybridized carbons (Fsp3) is 0.471. The van der Waals surface area contributed by atoms with E-state index in [2.05, 4.69) is 51.3 Å². The van der Waals surface area contributed by atoms with E-state index in [0.29, 0.717) is 5.56 Å². The summed E-state index contributed by atoms with van der Waals surface area (Å²) in [6.07, 6.45) is 0. The zero-order valence-corrected chi connectivity index (χ0v) is 13.1. The van der Waals surface area contributed by atoms with Gasteiger partial charge in [0, 0.05) is 17.1 Å². The lowest BCUT2D eigenvalue weighted by molar-refractivity contribution is 0.0698. The molecule has 0 bridgehead atoms. The summed E-state index contributed by atoms with van der Waals surface area (Å²) >= 11 is 0. The second kappa shape index (κ2) is 4.65. The van der Waals surface area contributed by atoms with E-state index in [0.717, 1.165) is 22.2 Å². The minimum Gasteiger partial charge on any atom is -0.478 e. The van der Waals surface area contributed by atoms with Crippen LogP contribution >= 0.6 is 0 Å². The van der Waals surface area contributed by atoms with Gasteiger partial charge in [0.2, 0.25) is 0 Å². The van der Waals surface area contributed by atoms with Crippen molar-refractivity contribution in [2.24, 2.45) is 0 Å². The van der Waals surface area contributed by atoms with Crippen molar-refractivity contribution in [2.45, 2.75) is 53.0 Å². The predicted molar refractivity (Wildman–Crippen MR) is 82.7 cm³/mol. The number of fused-ring (bicyclic) bond motifs is 1. The van der Waals surface area contributed by atoms with Crippen LogP contribution in [0.3, 0.4) is 0 Å². The Morgan fingerprint density at radius 2 is 1.80 bits per heavy atom. The molecule has 1 heterocycles. The van der Waals surface area contributed by atoms with Gasteiger partial charge in [0.05, 0.1) is 11.1 Å². The zero-order valence-electron chi connectivity index (χ0n) is 13.1. The molecule has 0 saturated heterocycles. The van der Waals surface area contributed by atoms with E-state index in [1.807, 2.05) is 13.0 Å². The molecule has 0 spiro atoms. The highest BCUT2D eigenvalue weighted by Crippen LogP contribution is 2.32. The Hall–Kier alpha value is -1.77. The van der Waals surface area contributed by atoms with Crippen molar-refractivity contribution in [2.75, 3.05) is 0 Å². The number of hydrogen-bond acceptors (Lipinski definition) is 1. The molecule has 1 aromatic carbocycles. The molecule has 3 heteroatoms. The van der Waals surface area contributed by atoms with Crippen molar-refractivity contribution >= 4 is 16.9 Å². The van der Waals surface area contributed by atoms with Crippen LogP contribution < -0.4 is 0 Å². The first-order chi connectivity index (χ1) is 9.12. The first kappa shape index (κ1) is 14.6. The molecule has 0 unspecified atom stereocenters. The van der Waals surface area contributed by atoms with Crippen LogP contribution in [0.4, 0.5) is 0 Å². The summed E-state index contributed by atoms with van der Waals surface area (Å²) in [4.78, 5) is 11.7. The summed E-state index contributed by atoms with van der Waals surface area (Å²) < 4.78 is 2.10. The van der Waals surface area contributed by atoms with Gasteiger partial charge in [-0.15, -0.1) is 0 Å². The van der Waals surface area contributed by atoms with Crippen LogP contribution in [0.15, 0.2) is 18.2 Å². The average molecular weight is 273 g/mol. The highest BCUT2D eigenvalue weighted by atomic mass is 16.4. The van der Waals surface area contributed by atoms with Gasteiger partial charge in [0.25, 0.3) is 0 Å². The van der Waals surface area contributed by atoms with Gasteiger partial charge < -0.3 is 9.67 Å². The number of hydrogen-bond donors (Lipinski definition) is 1. The molecule has 2 rings (SSSR count). The van der Waals surface area contributed by atoms with Crippen molar-refractivity contribution in [3.8, 4) is 0 Å². The second-order valence-corrected chi connectivity index (χ2v) is 6.77. The van der Waals surface area contributed by atoms with E-state index in [4.69, 9.17) is 0 Å². The topological polar surface area (TPSA) is 42.2 Å². The van der Waals surface area contributed by atoms with Gasteiger partial charge in [-0.25, -0.2) is 4.79 Å². The number of nitrogens with zero attached hydrogens (tertiary/aromatic N) is 1. The Morgan fingerprint density at radius 3 is 2.25 bits per heavy atom. The van der Waals surface area contributed by atoms with Crippen molar-refractivity contribution in [1.82, 2.24) is 4.57 Å². The van der Waals surface area contributed by atoms with E-state index in [1.54, 1.807) is 0 Å². The Bertz CT molecular complexity index is 672. The summed E-state index contributed by atoms with van der Waals surface area (Å²) in [5, 5.41) is 10.6. The number of carbonyl (C=O) groups is 1. The first-order valence-corrected chi connectivity index (χ1v) is 7.02. The second-order valence-electron chi connectivity index (χ2n) is 6.77. The van der Waals surface area contributed by atoms with Crippen molar-refractivity contribution in [3.63, 3.8) is 0 Å². The third-order valence-corrected chi connectivity index (χ3v) is 3.74. The summed E-state index contributed by atoms with van der Waals surface area (Å²) in [7, 11) is 0. The molecule has 0 saturated carbocycles. The van der Waals surface area contributed by atoms with Crippen molar-refractivity contribution in [3.05, 3.63) is 35.0 Å². The maximum Gasteiger partial charge on any atom is 0.337 e.